The minimum Gasteiger partial charge on any atom is -0.394 e. The molecule has 0 aliphatic heterocycles. The van der Waals surface area contributed by atoms with Crippen LogP contribution in [-0.4, -0.2) is 17.4 Å². The molecule has 2 N–H and O–H groups in total. The fourth-order valence-corrected chi connectivity index (χ4v) is 1.65. The smallest absolute Gasteiger partial charge is 0.394 e. The second-order valence-corrected chi connectivity index (χ2v) is 4.81. The Labute approximate surface area is 125 Å². The molecule has 13 heteroatoms. The number of anilines is 1. The van der Waals surface area contributed by atoms with E-state index in [1.54, 1.807) is 5.48 Å². The highest BCUT2D eigenvalue weighted by molar-refractivity contribution is 5.81. The van der Waals surface area contributed by atoms with Crippen LogP contribution in [0, 0.1) is 10.1 Å². The van der Waals surface area contributed by atoms with Gasteiger partial charge in [-0.05, 0) is 11.6 Å². The Morgan fingerprint density at radius 3 is 2.81 bits per heavy atom. The fourth-order valence-electron chi connectivity index (χ4n) is 1.22. The van der Waals surface area contributed by atoms with Gasteiger partial charge in [0, 0.05) is 16.7 Å². The Morgan fingerprint density at radius 1 is 1.52 bits per heavy atom. The summed E-state index contributed by atoms with van der Waals surface area (Å²) >= 11 is -4.04. The van der Waals surface area contributed by atoms with Crippen LogP contribution in [-0.2, 0) is 7.96 Å². The molecule has 1 amide bonds. The Balaban J connectivity index is 2.76. The number of nitro benzene ring substituents is 1. The van der Waals surface area contributed by atoms with Crippen molar-refractivity contribution in [3.63, 3.8) is 0 Å². The summed E-state index contributed by atoms with van der Waals surface area (Å²) in [5.74, 6) is -0.836. The third kappa shape index (κ3) is 5.76. The average molecular weight is 410 g/mol. The van der Waals surface area contributed by atoms with Crippen molar-refractivity contribution >= 4 is 23.0 Å². The molecule has 0 fully saturated rings. The lowest BCUT2D eigenvalue weighted by molar-refractivity contribution is -1.63. The van der Waals surface area contributed by atoms with E-state index in [0.717, 1.165) is 6.07 Å². The van der Waals surface area contributed by atoms with Crippen LogP contribution in [0.5, 0.6) is 0 Å². The third-order valence-corrected chi connectivity index (χ3v) is 2.57. The van der Waals surface area contributed by atoms with Gasteiger partial charge in [0.1, 0.15) is 8.85 Å². The molecule has 0 saturated heterocycles. The van der Waals surface area contributed by atoms with Crippen molar-refractivity contribution in [2.45, 2.75) is 0 Å². The Kier molecular flexibility index (Phi) is 6.57. The van der Waals surface area contributed by atoms with Crippen LogP contribution < -0.4 is 38.7 Å². The van der Waals surface area contributed by atoms with Crippen molar-refractivity contribution in [3.05, 3.63) is 38.8 Å². The van der Waals surface area contributed by atoms with Gasteiger partial charge in [0.2, 0.25) is 0 Å². The number of hydroxylamine groups is 1. The summed E-state index contributed by atoms with van der Waals surface area (Å²) in [6.45, 7) is -0.453. The summed E-state index contributed by atoms with van der Waals surface area (Å²) < 4.78 is 24.3. The van der Waals surface area contributed by atoms with E-state index >= 15 is 0 Å². The molecule has 0 aromatic heterocycles. The summed E-state index contributed by atoms with van der Waals surface area (Å²) in [7, 11) is 0. The second kappa shape index (κ2) is 8.18. The zero-order valence-electron chi connectivity index (χ0n) is 10.1. The highest BCUT2D eigenvalue weighted by Crippen LogP contribution is 2.29. The zero-order chi connectivity index (χ0) is 15.8. The van der Waals surface area contributed by atoms with E-state index in [4.69, 9.17) is 5.53 Å². The molecule has 1 aromatic rings. The molecule has 0 unspecified atom stereocenters. The van der Waals surface area contributed by atoms with Crippen molar-refractivity contribution in [1.29, 1.82) is 0 Å². The number of carbonyl (C=O) groups excluding carboxylic acids is 1. The van der Waals surface area contributed by atoms with Crippen LogP contribution in [0.25, 0.3) is 10.4 Å². The first-order valence-corrected chi connectivity index (χ1v) is 7.67. The van der Waals surface area contributed by atoms with Gasteiger partial charge < -0.3 is 12.2 Å². The highest BCUT2D eigenvalue weighted by Gasteiger charge is 2.18. The first kappa shape index (κ1) is 16.9. The predicted molar refractivity (Wildman–Crippen MR) is 59.6 cm³/mol. The maximum Gasteiger partial charge on any atom is 0.540 e. The van der Waals surface area contributed by atoms with E-state index < -0.39 is 44.1 Å². The molecule has 0 bridgehead atoms. The topological polar surface area (TPSA) is 188 Å². The Morgan fingerprint density at radius 2 is 2.24 bits per heavy atom. The molecule has 0 heterocycles. The number of benzene rings is 1. The summed E-state index contributed by atoms with van der Waals surface area (Å²) in [4.78, 5) is 23.8. The monoisotopic (exact) mass is 410 g/mol. The fraction of sp³-hybridized carbons (Fsp3) is 0.125. The van der Waals surface area contributed by atoms with Crippen LogP contribution in [0.3, 0.4) is 0 Å². The number of hydrogen-bond donors (Lipinski definition) is 2. The van der Waals surface area contributed by atoms with Gasteiger partial charge in [0.25, 0.3) is 11.6 Å². The molecule has 0 radical (unpaired) electrons. The molecule has 0 aliphatic rings. The lowest BCUT2D eigenvalue weighted by Gasteiger charge is -2.06. The Bertz CT molecular complexity index is 589. The van der Waals surface area contributed by atoms with E-state index in [0.29, 0.717) is 0 Å². The average Bonchev–Trinajstić information content (AvgIpc) is 2.43. The van der Waals surface area contributed by atoms with E-state index in [1.807, 2.05) is 0 Å². The van der Waals surface area contributed by atoms with Gasteiger partial charge in [0.15, 0.2) is 0 Å². The molecule has 112 valence electrons. The van der Waals surface area contributed by atoms with Crippen LogP contribution >= 0.6 is 0 Å². The first-order chi connectivity index (χ1) is 9.93. The minimum atomic E-state index is -4.04. The number of carbonyl (C=O) groups is 1. The van der Waals surface area contributed by atoms with Crippen LogP contribution in [0.15, 0.2) is 23.3 Å². The number of hydrogen-bond acceptors (Lipinski definition) is 8. The van der Waals surface area contributed by atoms with Gasteiger partial charge in [-0.15, -0.1) is 5.48 Å². The van der Waals surface area contributed by atoms with Gasteiger partial charge in [0.05, 0.1) is 11.5 Å². The molecule has 12 nitrogen and oxygen atoms in total. The Hall–Kier alpha value is -2.19. The standard InChI is InChI=1S/C8H7IN6O6/c10-14-12-5-1-2-6(7(3-5)15(19)20)11-4-8(16)13-21-9(17)18/h1-3,11H,4H2,(H,13,16). The molecule has 21 heavy (non-hydrogen) atoms. The van der Waals surface area contributed by atoms with Crippen LogP contribution in [0.1, 0.15) is 0 Å². The first-order valence-electron chi connectivity index (χ1n) is 5.03. The van der Waals surface area contributed by atoms with Crippen molar-refractivity contribution in [3.8, 4) is 0 Å². The van der Waals surface area contributed by atoms with Gasteiger partial charge in [-0.2, -0.15) is 0 Å². The van der Waals surface area contributed by atoms with Crippen molar-refractivity contribution in [1.82, 2.24) is 5.48 Å². The number of nitrogens with one attached hydrogen (secondary N) is 2. The van der Waals surface area contributed by atoms with Crippen molar-refractivity contribution in [2.24, 2.45) is 5.11 Å². The number of nitrogens with zero attached hydrogens (tertiary/aromatic N) is 4. The number of rotatable bonds is 7. The molecule has 0 aliphatic carbocycles. The normalized spacial score (nSPS) is 9.86. The quantitative estimate of drug-likeness (QED) is 0.115. The number of halogens is 1. The van der Waals surface area contributed by atoms with Crippen LogP contribution in [0.4, 0.5) is 17.1 Å². The maximum absolute atomic E-state index is 11.2. The van der Waals surface area contributed by atoms with E-state index in [-0.39, 0.29) is 11.4 Å². The molecular weight excluding hydrogens is 403 g/mol. The van der Waals surface area contributed by atoms with Crippen molar-refractivity contribution in [2.75, 3.05) is 11.9 Å². The SMILES string of the molecule is [N-]=[N+]=Nc1ccc(NCC(=O)NO[I+2]([O-])[O-])c([N+](=O)[O-])c1. The summed E-state index contributed by atoms with van der Waals surface area (Å²) in [5.41, 5.74) is 9.52. The largest absolute Gasteiger partial charge is 0.540 e. The van der Waals surface area contributed by atoms with E-state index in [1.165, 1.54) is 12.1 Å². The lowest BCUT2D eigenvalue weighted by atomic mass is 10.2. The number of nitro groups is 1. The molecule has 1 aromatic carbocycles. The second-order valence-electron chi connectivity index (χ2n) is 3.29. The van der Waals surface area contributed by atoms with E-state index in [9.17, 15) is 21.8 Å². The molecule has 0 saturated carbocycles. The van der Waals surface area contributed by atoms with E-state index in [2.05, 4.69) is 18.5 Å². The molecule has 1 rings (SSSR count). The molecule has 0 spiro atoms. The predicted octanol–water partition coefficient (Wildman–Crippen LogP) is -3.91. The summed E-state index contributed by atoms with van der Waals surface area (Å²) in [5, 5.41) is 16.5. The lowest BCUT2D eigenvalue weighted by Crippen LogP contribution is -3.99. The number of azide groups is 1. The van der Waals surface area contributed by atoms with Gasteiger partial charge in [-0.1, -0.05) is 11.2 Å². The van der Waals surface area contributed by atoms with Crippen LogP contribution in [0.2, 0.25) is 0 Å². The van der Waals surface area contributed by atoms with Gasteiger partial charge in [-0.3, -0.25) is 14.9 Å². The zero-order valence-corrected chi connectivity index (χ0v) is 12.2. The van der Waals surface area contributed by atoms with Crippen molar-refractivity contribution < 1.29 is 40.8 Å². The summed E-state index contributed by atoms with van der Waals surface area (Å²) in [6, 6.07) is 3.58. The van der Waals surface area contributed by atoms with Gasteiger partial charge >= 0.3 is 21.1 Å². The highest BCUT2D eigenvalue weighted by atomic mass is 127. The molecule has 0 atom stereocenters. The minimum absolute atomic E-state index is 0.00773. The molecular formula is C8H7IN6O6. The van der Waals surface area contributed by atoms with Gasteiger partial charge in [-0.25, -0.2) is 0 Å². The number of amides is 1. The maximum atomic E-state index is 11.2. The summed E-state index contributed by atoms with van der Waals surface area (Å²) in [6.07, 6.45) is 0. The third-order valence-electron chi connectivity index (χ3n) is 1.99.